The van der Waals surface area contributed by atoms with Crippen LogP contribution < -0.4 is 10.0 Å². The molecular formula is C29H26ClN7O5. The molecule has 1 aliphatic heterocycles. The number of amides is 1. The van der Waals surface area contributed by atoms with Crippen LogP contribution in [0.5, 0.6) is 0 Å². The van der Waals surface area contributed by atoms with Gasteiger partial charge in [-0.25, -0.2) is 4.79 Å². The number of aromatic nitrogens is 5. The highest BCUT2D eigenvalue weighted by atomic mass is 35.5. The van der Waals surface area contributed by atoms with Crippen LogP contribution in [0.25, 0.3) is 22.4 Å². The van der Waals surface area contributed by atoms with Gasteiger partial charge < -0.3 is 19.8 Å². The van der Waals surface area contributed by atoms with Crippen molar-refractivity contribution in [3.63, 3.8) is 0 Å². The lowest BCUT2D eigenvalue weighted by Gasteiger charge is -2.23. The minimum atomic E-state index is -1.51. The number of tetrazole rings is 1. The molecule has 0 saturated heterocycles. The van der Waals surface area contributed by atoms with E-state index in [4.69, 9.17) is 21.1 Å². The predicted octanol–water partition coefficient (Wildman–Crippen LogP) is 3.83. The van der Waals surface area contributed by atoms with Crippen LogP contribution in [0.15, 0.2) is 72.2 Å². The fourth-order valence-corrected chi connectivity index (χ4v) is 5.51. The highest BCUT2D eigenvalue weighted by Gasteiger charge is 2.49. The van der Waals surface area contributed by atoms with Gasteiger partial charge in [0.15, 0.2) is 11.8 Å². The van der Waals surface area contributed by atoms with E-state index in [0.29, 0.717) is 59.1 Å². The molecule has 0 radical (unpaired) electrons. The third kappa shape index (κ3) is 5.22. The number of benzene rings is 2. The first-order valence-electron chi connectivity index (χ1n) is 13.2. The van der Waals surface area contributed by atoms with Gasteiger partial charge in [0, 0.05) is 47.1 Å². The first kappa shape index (κ1) is 27.5. The minimum absolute atomic E-state index is 0.159. The largest absolute Gasteiger partial charge is 0.618 e. The molecular weight excluding hydrogens is 562 g/mol. The van der Waals surface area contributed by atoms with Crippen molar-refractivity contribution in [2.75, 3.05) is 25.6 Å². The highest BCUT2D eigenvalue weighted by molar-refractivity contribution is 6.31. The molecule has 1 aliphatic carbocycles. The molecule has 1 atom stereocenters. The summed E-state index contributed by atoms with van der Waals surface area (Å²) < 4.78 is 12.1. The van der Waals surface area contributed by atoms with E-state index >= 15 is 0 Å². The van der Waals surface area contributed by atoms with E-state index < -0.39 is 11.7 Å². The Hall–Kier alpha value is -4.65. The van der Waals surface area contributed by atoms with Crippen molar-refractivity contribution in [2.24, 2.45) is 4.99 Å². The maximum Gasteiger partial charge on any atom is 0.411 e. The van der Waals surface area contributed by atoms with Crippen molar-refractivity contribution in [3.05, 3.63) is 94.3 Å². The first-order valence-corrected chi connectivity index (χ1v) is 13.5. The van der Waals surface area contributed by atoms with Crippen LogP contribution in [0.4, 0.5) is 10.5 Å². The topological polar surface area (TPSA) is 151 Å². The summed E-state index contributed by atoms with van der Waals surface area (Å²) >= 11 is 6.30. The number of nitrogens with zero attached hydrogens (tertiary/aromatic N) is 6. The zero-order valence-electron chi connectivity index (χ0n) is 22.5. The van der Waals surface area contributed by atoms with E-state index in [-0.39, 0.29) is 12.3 Å². The number of fused-ring (bicyclic) bond motifs is 1. The Kier molecular flexibility index (Phi) is 7.42. The summed E-state index contributed by atoms with van der Waals surface area (Å²) in [5.41, 5.74) is 4.34. The maximum atomic E-state index is 13.5. The molecule has 0 spiro atoms. The number of hydrogen-bond acceptors (Lipinski definition) is 9. The summed E-state index contributed by atoms with van der Waals surface area (Å²) in [5.74, 6) is 0. The lowest BCUT2D eigenvalue weighted by atomic mass is 9.89. The minimum Gasteiger partial charge on any atom is -0.618 e. The molecule has 0 bridgehead atoms. The Balaban J connectivity index is 1.20. The number of aliphatic imine (C=N–C) groups is 1. The lowest BCUT2D eigenvalue weighted by molar-refractivity contribution is -0.619. The van der Waals surface area contributed by atoms with E-state index in [1.165, 1.54) is 24.3 Å². The second kappa shape index (κ2) is 11.3. The summed E-state index contributed by atoms with van der Waals surface area (Å²) in [6.45, 7) is 0.477. The van der Waals surface area contributed by atoms with Gasteiger partial charge in [0.25, 0.3) is 0 Å². The third-order valence-electron chi connectivity index (χ3n) is 7.36. The summed E-state index contributed by atoms with van der Waals surface area (Å²) in [6.07, 6.45) is 5.25. The fraction of sp³-hybridized carbons (Fsp3) is 0.241. The molecule has 12 nitrogen and oxygen atoms in total. The van der Waals surface area contributed by atoms with Crippen molar-refractivity contribution in [2.45, 2.75) is 24.9 Å². The Labute approximate surface area is 245 Å². The van der Waals surface area contributed by atoms with Gasteiger partial charge in [0.05, 0.1) is 18.0 Å². The monoisotopic (exact) mass is 587 g/mol. The molecule has 13 heteroatoms. The number of pyridine rings is 1. The molecule has 1 amide bonds. The number of hydrogen-bond donors (Lipinski definition) is 2. The molecule has 2 aromatic carbocycles. The highest BCUT2D eigenvalue weighted by Crippen LogP contribution is 2.42. The molecule has 0 fully saturated rings. The fourth-order valence-electron chi connectivity index (χ4n) is 5.33. The second-order valence-electron chi connectivity index (χ2n) is 9.94. The van der Waals surface area contributed by atoms with Crippen LogP contribution in [0.1, 0.15) is 29.7 Å². The average molecular weight is 588 g/mol. The van der Waals surface area contributed by atoms with Crippen LogP contribution >= 0.6 is 11.6 Å². The van der Waals surface area contributed by atoms with Crippen molar-refractivity contribution in [3.8, 4) is 16.8 Å². The molecule has 2 N–H and O–H groups in total. The number of allylic oxidation sites excluding steroid dienone is 1. The quantitative estimate of drug-likeness (QED) is 0.179. The number of nitrogens with one attached hydrogen (secondary N) is 1. The van der Waals surface area contributed by atoms with Crippen LogP contribution in [0.2, 0.25) is 5.02 Å². The number of halogens is 1. The summed E-state index contributed by atoms with van der Waals surface area (Å²) in [7, 11) is 1.53. The average Bonchev–Trinajstić information content (AvgIpc) is 3.75. The Bertz CT molecular complexity index is 1710. The van der Waals surface area contributed by atoms with Gasteiger partial charge in [-0.2, -0.15) is 9.41 Å². The van der Waals surface area contributed by atoms with E-state index in [0.717, 1.165) is 21.4 Å². The van der Waals surface area contributed by atoms with E-state index in [9.17, 15) is 15.1 Å². The van der Waals surface area contributed by atoms with Crippen molar-refractivity contribution in [1.82, 2.24) is 20.2 Å². The molecule has 214 valence electrons. The molecule has 6 rings (SSSR count). The van der Waals surface area contributed by atoms with Crippen LogP contribution in [0.3, 0.4) is 0 Å². The predicted molar refractivity (Wildman–Crippen MR) is 154 cm³/mol. The number of carbonyl (C=O) groups excluding carboxylic acids is 1. The van der Waals surface area contributed by atoms with Crippen LogP contribution in [-0.2, 0) is 21.5 Å². The van der Waals surface area contributed by atoms with E-state index in [1.807, 2.05) is 18.2 Å². The normalized spacial score (nSPS) is 17.5. The van der Waals surface area contributed by atoms with E-state index in [2.05, 4.69) is 25.8 Å². The number of methoxy groups -OCH3 is 1. The molecule has 3 heterocycles. The van der Waals surface area contributed by atoms with E-state index in [1.54, 1.807) is 36.5 Å². The van der Waals surface area contributed by atoms with Gasteiger partial charge in [-0.05, 0) is 70.8 Å². The maximum absolute atomic E-state index is 13.5. The molecule has 42 heavy (non-hydrogen) atoms. The van der Waals surface area contributed by atoms with Gasteiger partial charge in [-0.1, -0.05) is 23.7 Å². The molecule has 1 unspecified atom stereocenters. The van der Waals surface area contributed by atoms with Crippen molar-refractivity contribution >= 4 is 34.7 Å². The second-order valence-corrected chi connectivity index (χ2v) is 10.4. The molecule has 2 aromatic heterocycles. The Morgan fingerprint density at radius 3 is 2.79 bits per heavy atom. The number of ether oxygens (including phenoxy) is 2. The summed E-state index contributed by atoms with van der Waals surface area (Å²) in [5, 5.41) is 39.8. The summed E-state index contributed by atoms with van der Waals surface area (Å²) in [4.78, 5) is 16.4. The zero-order chi connectivity index (χ0) is 29.3. The zero-order valence-corrected chi connectivity index (χ0v) is 23.3. The Morgan fingerprint density at radius 2 is 2.02 bits per heavy atom. The summed E-state index contributed by atoms with van der Waals surface area (Å²) in [6, 6.07) is 14.4. The number of rotatable bonds is 8. The number of aryl methyl sites for hydroxylation is 1. The molecule has 0 saturated carbocycles. The smallest absolute Gasteiger partial charge is 0.411 e. The Morgan fingerprint density at radius 1 is 1.19 bits per heavy atom. The van der Waals surface area contributed by atoms with Gasteiger partial charge in [-0.15, -0.1) is 5.10 Å². The van der Waals surface area contributed by atoms with Crippen molar-refractivity contribution in [1.29, 1.82) is 0 Å². The number of carbonyl (C=O) groups is 1. The lowest BCUT2D eigenvalue weighted by Crippen LogP contribution is -2.45. The standard InChI is InChI=1S/C29H26ClN7O5/c1-41-10-11-42-28(38)33-23-5-2-18(3-6-23)20-13-26(31-15-20)29(39)9-8-19-12-21(16-37(40)27(19)29)24-14-22(30)4-7-25(24)36-17-32-34-35-36/h2-7,12,14-17,39H,8-11,13H2,1H3,(H,33,38). The first-order chi connectivity index (χ1) is 20.4. The van der Waals surface area contributed by atoms with Crippen molar-refractivity contribution < 1.29 is 24.1 Å². The third-order valence-corrected chi connectivity index (χ3v) is 7.59. The molecule has 4 aromatic rings. The van der Waals surface area contributed by atoms with Gasteiger partial charge >= 0.3 is 6.09 Å². The SMILES string of the molecule is COCCOC(=O)Nc1ccc(C2=CN=C(C3(O)CCc4cc(-c5cc(Cl)ccc5-n5cnnn5)c[n+]([O-])c43)C2)cc1. The van der Waals surface area contributed by atoms with Gasteiger partial charge in [0.2, 0.25) is 5.69 Å². The van der Waals surface area contributed by atoms with Gasteiger partial charge in [-0.3, -0.25) is 10.3 Å². The number of anilines is 1. The van der Waals surface area contributed by atoms with Crippen LogP contribution in [0, 0.1) is 5.21 Å². The van der Waals surface area contributed by atoms with Gasteiger partial charge in [0.1, 0.15) is 12.9 Å². The van der Waals surface area contributed by atoms with Crippen LogP contribution in [-0.4, -0.2) is 57.4 Å². The molecule has 2 aliphatic rings. The number of aliphatic hydroxyl groups is 1.